The second-order valence-electron chi connectivity index (χ2n) is 6.89. The molecule has 0 saturated heterocycles. The number of nitrogens with zero attached hydrogens (tertiary/aromatic N) is 3. The Hall–Kier alpha value is -3.38. The van der Waals surface area contributed by atoms with E-state index < -0.39 is 16.3 Å². The van der Waals surface area contributed by atoms with E-state index in [1.807, 2.05) is 30.3 Å². The van der Waals surface area contributed by atoms with Crippen LogP contribution in [0.2, 0.25) is 0 Å². The van der Waals surface area contributed by atoms with Crippen molar-refractivity contribution in [2.75, 3.05) is 11.1 Å². The van der Waals surface area contributed by atoms with Crippen molar-refractivity contribution in [2.24, 2.45) is 4.40 Å². The summed E-state index contributed by atoms with van der Waals surface area (Å²) in [5, 5.41) is 14.1. The molecule has 0 atom stereocenters. The fourth-order valence-corrected chi connectivity index (χ4v) is 5.43. The molecule has 1 aliphatic rings. The van der Waals surface area contributed by atoms with Gasteiger partial charge in [-0.25, -0.2) is 4.98 Å². The van der Waals surface area contributed by atoms with Gasteiger partial charge in [0.05, 0.1) is 12.2 Å². The molecule has 0 amide bonds. The van der Waals surface area contributed by atoms with Crippen LogP contribution in [0.4, 0.5) is 10.8 Å². The van der Waals surface area contributed by atoms with Crippen molar-refractivity contribution < 1.29 is 14.2 Å². The monoisotopic (exact) mass is 455 g/mol. The SMILES string of the molecule is Nc1nc2c(s1)c(O)c(C1=NS(O)(O)c3ccccc3N1)c(=O)n2Cc1ccccc1. The van der Waals surface area contributed by atoms with Gasteiger partial charge in [-0.15, -0.1) is 4.40 Å². The zero-order valence-corrected chi connectivity index (χ0v) is 17.5. The highest BCUT2D eigenvalue weighted by Gasteiger charge is 2.31. The molecular weight excluding hydrogens is 438 g/mol. The summed E-state index contributed by atoms with van der Waals surface area (Å²) in [5.41, 5.74) is 6.60. The standard InChI is InChI=1S/C20H17N5O4S2/c21-20-23-18-16(30-20)15(26)14(19(27)25(18)10-11-6-2-1-3-7-11)17-22-12-8-4-5-9-13(12)31(28,29)24-17/h1-9,26,28-29H,10H2,(H2,21,23)(H,22,24). The maximum Gasteiger partial charge on any atom is 0.267 e. The quantitative estimate of drug-likeness (QED) is 0.317. The summed E-state index contributed by atoms with van der Waals surface area (Å²) in [6, 6.07) is 15.9. The van der Waals surface area contributed by atoms with Crippen LogP contribution in [0.5, 0.6) is 5.75 Å². The topological polar surface area (TPSA) is 146 Å². The molecule has 0 bridgehead atoms. The molecule has 0 radical (unpaired) electrons. The third-order valence-electron chi connectivity index (χ3n) is 4.87. The van der Waals surface area contributed by atoms with Gasteiger partial charge in [0, 0.05) is 0 Å². The number of anilines is 2. The molecule has 2 aromatic carbocycles. The van der Waals surface area contributed by atoms with Gasteiger partial charge in [-0.05, 0) is 17.7 Å². The third kappa shape index (κ3) is 3.24. The molecule has 6 N–H and O–H groups in total. The summed E-state index contributed by atoms with van der Waals surface area (Å²) in [7, 11) is -3.56. The maximum absolute atomic E-state index is 13.5. The lowest BCUT2D eigenvalue weighted by Gasteiger charge is -2.34. The molecule has 5 rings (SSSR count). The Bertz CT molecular complexity index is 1410. The van der Waals surface area contributed by atoms with Crippen LogP contribution in [0.3, 0.4) is 0 Å². The largest absolute Gasteiger partial charge is 0.505 e. The van der Waals surface area contributed by atoms with Crippen molar-refractivity contribution in [3.8, 4) is 5.75 Å². The number of thiazole rings is 1. The summed E-state index contributed by atoms with van der Waals surface area (Å²) in [5.74, 6) is -0.490. The average molecular weight is 456 g/mol. The van der Waals surface area contributed by atoms with Gasteiger partial charge >= 0.3 is 0 Å². The average Bonchev–Trinajstić information content (AvgIpc) is 3.13. The van der Waals surface area contributed by atoms with Crippen molar-refractivity contribution in [3.63, 3.8) is 0 Å². The normalized spacial score (nSPS) is 15.7. The minimum Gasteiger partial charge on any atom is -0.505 e. The fraction of sp³-hybridized carbons (Fsp3) is 0.0500. The predicted molar refractivity (Wildman–Crippen MR) is 123 cm³/mol. The molecule has 3 heterocycles. The molecular formula is C20H17N5O4S2. The maximum atomic E-state index is 13.5. The van der Waals surface area contributed by atoms with E-state index in [1.165, 1.54) is 4.57 Å². The van der Waals surface area contributed by atoms with Gasteiger partial charge in [0.2, 0.25) is 0 Å². The lowest BCUT2D eigenvalue weighted by molar-refractivity contribution is 0.478. The molecule has 31 heavy (non-hydrogen) atoms. The third-order valence-corrected chi connectivity index (χ3v) is 7.13. The van der Waals surface area contributed by atoms with Crippen LogP contribution < -0.4 is 16.6 Å². The minimum absolute atomic E-state index is 0.128. The number of hydrogen-bond acceptors (Lipinski definition) is 9. The number of nitrogens with two attached hydrogens (primary N) is 1. The number of para-hydroxylation sites is 1. The van der Waals surface area contributed by atoms with Crippen LogP contribution in [0.15, 0.2) is 68.7 Å². The van der Waals surface area contributed by atoms with Crippen LogP contribution in [0.1, 0.15) is 11.1 Å². The van der Waals surface area contributed by atoms with E-state index in [2.05, 4.69) is 14.7 Å². The Kier molecular flexibility index (Phi) is 4.48. The number of hydrogen-bond donors (Lipinski definition) is 5. The molecule has 9 nitrogen and oxygen atoms in total. The number of benzene rings is 2. The molecule has 0 aliphatic carbocycles. The number of aromatic hydroxyl groups is 1. The summed E-state index contributed by atoms with van der Waals surface area (Å²) >= 11 is 1.03. The van der Waals surface area contributed by atoms with E-state index in [1.54, 1.807) is 24.3 Å². The van der Waals surface area contributed by atoms with E-state index in [0.29, 0.717) is 10.4 Å². The number of nitrogen functional groups attached to an aromatic ring is 1. The number of fused-ring (bicyclic) bond motifs is 2. The zero-order valence-electron chi connectivity index (χ0n) is 15.9. The number of pyridine rings is 1. The summed E-state index contributed by atoms with van der Waals surface area (Å²) in [6.45, 7) is 0.187. The first kappa shape index (κ1) is 19.6. The number of amidine groups is 1. The van der Waals surface area contributed by atoms with Crippen molar-refractivity contribution in [1.29, 1.82) is 0 Å². The molecule has 1 aliphatic heterocycles. The molecule has 0 spiro atoms. The van der Waals surface area contributed by atoms with E-state index in [-0.39, 0.29) is 39.4 Å². The molecule has 0 saturated carbocycles. The first-order valence-electron chi connectivity index (χ1n) is 9.15. The van der Waals surface area contributed by atoms with Gasteiger partial charge in [-0.3, -0.25) is 18.5 Å². The Morgan fingerprint density at radius 3 is 2.58 bits per heavy atom. The van der Waals surface area contributed by atoms with Crippen LogP contribution in [-0.4, -0.2) is 29.6 Å². The smallest absolute Gasteiger partial charge is 0.267 e. The van der Waals surface area contributed by atoms with Crippen LogP contribution in [0, 0.1) is 0 Å². The van der Waals surface area contributed by atoms with Gasteiger partial charge in [0.25, 0.3) is 5.56 Å². The molecule has 2 aromatic heterocycles. The van der Waals surface area contributed by atoms with Crippen LogP contribution >= 0.6 is 22.1 Å². The van der Waals surface area contributed by atoms with Crippen LogP contribution in [0.25, 0.3) is 10.3 Å². The molecule has 0 fully saturated rings. The van der Waals surface area contributed by atoms with E-state index in [9.17, 15) is 19.0 Å². The summed E-state index contributed by atoms with van der Waals surface area (Å²) in [6.07, 6.45) is 0. The Labute approximate surface area is 181 Å². The van der Waals surface area contributed by atoms with Crippen molar-refractivity contribution in [2.45, 2.75) is 11.4 Å². The van der Waals surface area contributed by atoms with Crippen molar-refractivity contribution >= 4 is 49.1 Å². The molecule has 4 aromatic rings. The number of rotatable bonds is 3. The van der Waals surface area contributed by atoms with Crippen LogP contribution in [-0.2, 0) is 6.54 Å². The van der Waals surface area contributed by atoms with E-state index in [4.69, 9.17) is 5.73 Å². The molecule has 11 heteroatoms. The fourth-order valence-electron chi connectivity index (χ4n) is 3.48. The predicted octanol–water partition coefficient (Wildman–Crippen LogP) is 3.69. The van der Waals surface area contributed by atoms with E-state index in [0.717, 1.165) is 16.9 Å². The number of nitrogens with one attached hydrogen (secondary N) is 1. The van der Waals surface area contributed by atoms with Crippen molar-refractivity contribution in [3.05, 3.63) is 76.1 Å². The van der Waals surface area contributed by atoms with E-state index >= 15 is 0 Å². The Morgan fingerprint density at radius 2 is 1.81 bits per heavy atom. The first-order valence-corrected chi connectivity index (χ1v) is 11.5. The second kappa shape index (κ2) is 7.10. The van der Waals surface area contributed by atoms with Gasteiger partial charge < -0.3 is 16.2 Å². The highest BCUT2D eigenvalue weighted by Crippen LogP contribution is 2.55. The Morgan fingerprint density at radius 1 is 1.10 bits per heavy atom. The summed E-state index contributed by atoms with van der Waals surface area (Å²) in [4.78, 5) is 17.9. The minimum atomic E-state index is -3.56. The van der Waals surface area contributed by atoms with Gasteiger partial charge in [-0.1, -0.05) is 64.6 Å². The molecule has 158 valence electrons. The summed E-state index contributed by atoms with van der Waals surface area (Å²) < 4.78 is 26.8. The first-order chi connectivity index (χ1) is 14.8. The molecule has 0 unspecified atom stereocenters. The lowest BCUT2D eigenvalue weighted by atomic mass is 10.1. The lowest BCUT2D eigenvalue weighted by Crippen LogP contribution is -2.32. The van der Waals surface area contributed by atoms with Gasteiger partial charge in [-0.2, -0.15) is 0 Å². The number of aromatic nitrogens is 2. The van der Waals surface area contributed by atoms with Gasteiger partial charge in [0.1, 0.15) is 15.2 Å². The highest BCUT2D eigenvalue weighted by molar-refractivity contribution is 8.23. The van der Waals surface area contributed by atoms with Crippen molar-refractivity contribution in [1.82, 2.24) is 9.55 Å². The Balaban J connectivity index is 1.75. The highest BCUT2D eigenvalue weighted by atomic mass is 32.3. The zero-order chi connectivity index (χ0) is 21.8. The van der Waals surface area contributed by atoms with Gasteiger partial charge in [0.15, 0.2) is 22.4 Å². The second-order valence-corrected chi connectivity index (χ2v) is 9.58.